The highest BCUT2D eigenvalue weighted by Gasteiger charge is 2.18. The number of benzene rings is 1. The molecular formula is C17H23NS. The minimum atomic E-state index is 0.897. The Bertz CT molecular complexity index is 531. The van der Waals surface area contributed by atoms with E-state index in [0.29, 0.717) is 0 Å². The van der Waals surface area contributed by atoms with Crippen LogP contribution in [0.5, 0.6) is 0 Å². The van der Waals surface area contributed by atoms with E-state index in [-0.39, 0.29) is 0 Å². The fourth-order valence-corrected chi connectivity index (χ4v) is 4.29. The summed E-state index contributed by atoms with van der Waals surface area (Å²) in [6, 6.07) is 8.72. The van der Waals surface area contributed by atoms with E-state index in [1.807, 2.05) is 11.3 Å². The summed E-state index contributed by atoms with van der Waals surface area (Å²) >= 11 is 1.86. The molecule has 102 valence electrons. The van der Waals surface area contributed by atoms with Gasteiger partial charge in [0.15, 0.2) is 0 Å². The molecule has 2 atom stereocenters. The number of thiophene rings is 1. The van der Waals surface area contributed by atoms with Crippen molar-refractivity contribution in [3.05, 3.63) is 35.2 Å². The van der Waals surface area contributed by atoms with E-state index in [2.05, 4.69) is 41.9 Å². The Morgan fingerprint density at radius 2 is 2.16 bits per heavy atom. The normalized spacial score (nSPS) is 23.8. The van der Waals surface area contributed by atoms with Gasteiger partial charge in [0.2, 0.25) is 0 Å². The number of hydrogen-bond acceptors (Lipinski definition) is 2. The summed E-state index contributed by atoms with van der Waals surface area (Å²) in [5.41, 5.74) is 1.46. The third kappa shape index (κ3) is 3.18. The maximum absolute atomic E-state index is 3.68. The molecule has 0 amide bonds. The van der Waals surface area contributed by atoms with Gasteiger partial charge in [0, 0.05) is 11.2 Å². The molecule has 19 heavy (non-hydrogen) atoms. The monoisotopic (exact) mass is 273 g/mol. The van der Waals surface area contributed by atoms with Crippen molar-refractivity contribution in [2.24, 2.45) is 11.8 Å². The lowest BCUT2D eigenvalue weighted by Crippen LogP contribution is -2.26. The quantitative estimate of drug-likeness (QED) is 0.842. The maximum Gasteiger partial charge on any atom is 0.0346 e. The van der Waals surface area contributed by atoms with Gasteiger partial charge >= 0.3 is 0 Å². The van der Waals surface area contributed by atoms with Crippen molar-refractivity contribution >= 4 is 21.4 Å². The van der Waals surface area contributed by atoms with E-state index in [0.717, 1.165) is 18.4 Å². The first-order chi connectivity index (χ1) is 9.33. The molecule has 0 bridgehead atoms. The van der Waals surface area contributed by atoms with Gasteiger partial charge in [-0.2, -0.15) is 0 Å². The molecule has 1 nitrogen and oxygen atoms in total. The van der Waals surface area contributed by atoms with Gasteiger partial charge in [-0.1, -0.05) is 38.0 Å². The molecule has 0 aliphatic heterocycles. The number of nitrogens with one attached hydrogen (secondary N) is 1. The van der Waals surface area contributed by atoms with E-state index in [4.69, 9.17) is 0 Å². The Kier molecular flexibility index (Phi) is 4.19. The molecule has 1 aliphatic rings. The Labute approximate surface area is 120 Å². The lowest BCUT2D eigenvalue weighted by atomic mass is 9.82. The minimum Gasteiger partial charge on any atom is -0.312 e. The van der Waals surface area contributed by atoms with Gasteiger partial charge in [-0.25, -0.2) is 0 Å². The lowest BCUT2D eigenvalue weighted by molar-refractivity contribution is 0.274. The van der Waals surface area contributed by atoms with Crippen LogP contribution in [-0.2, 0) is 6.54 Å². The minimum absolute atomic E-state index is 0.897. The summed E-state index contributed by atoms with van der Waals surface area (Å²) in [5, 5.41) is 7.41. The Morgan fingerprint density at radius 1 is 1.26 bits per heavy atom. The van der Waals surface area contributed by atoms with Crippen molar-refractivity contribution < 1.29 is 0 Å². The first kappa shape index (κ1) is 13.1. The smallest absolute Gasteiger partial charge is 0.0346 e. The molecule has 1 heterocycles. The fourth-order valence-electron chi connectivity index (χ4n) is 3.33. The van der Waals surface area contributed by atoms with Crippen LogP contribution in [-0.4, -0.2) is 6.54 Å². The zero-order chi connectivity index (χ0) is 13.1. The molecule has 1 aromatic carbocycles. The average molecular weight is 273 g/mol. The van der Waals surface area contributed by atoms with E-state index in [1.54, 1.807) is 0 Å². The largest absolute Gasteiger partial charge is 0.312 e. The molecule has 0 saturated heterocycles. The maximum atomic E-state index is 3.68. The SMILES string of the molecule is CC1CCCC(CNCc2csc3ccccc23)C1. The standard InChI is InChI=1S/C17H23NS/c1-13-5-4-6-14(9-13)10-18-11-15-12-19-17-8-3-2-7-16(15)17/h2-3,7-8,12-14,18H,4-6,9-11H2,1H3. The molecule has 2 heteroatoms. The van der Waals surface area contributed by atoms with Crippen molar-refractivity contribution in [3.8, 4) is 0 Å². The van der Waals surface area contributed by atoms with Crippen LogP contribution in [0.25, 0.3) is 10.1 Å². The van der Waals surface area contributed by atoms with Crippen LogP contribution in [0.1, 0.15) is 38.2 Å². The predicted molar refractivity (Wildman–Crippen MR) is 84.7 cm³/mol. The van der Waals surface area contributed by atoms with Crippen molar-refractivity contribution in [2.75, 3.05) is 6.54 Å². The van der Waals surface area contributed by atoms with Gasteiger partial charge < -0.3 is 5.32 Å². The Balaban J connectivity index is 1.55. The highest BCUT2D eigenvalue weighted by molar-refractivity contribution is 7.17. The summed E-state index contributed by atoms with van der Waals surface area (Å²) in [4.78, 5) is 0. The Morgan fingerprint density at radius 3 is 3.05 bits per heavy atom. The third-order valence-electron chi connectivity index (χ3n) is 4.35. The lowest BCUT2D eigenvalue weighted by Gasteiger charge is -2.26. The highest BCUT2D eigenvalue weighted by atomic mass is 32.1. The van der Waals surface area contributed by atoms with E-state index >= 15 is 0 Å². The van der Waals surface area contributed by atoms with Crippen LogP contribution < -0.4 is 5.32 Å². The second-order valence-corrected chi connectivity index (χ2v) is 6.94. The van der Waals surface area contributed by atoms with Crippen LogP contribution >= 0.6 is 11.3 Å². The van der Waals surface area contributed by atoms with Crippen LogP contribution in [0.2, 0.25) is 0 Å². The van der Waals surface area contributed by atoms with E-state index in [1.165, 1.54) is 47.9 Å². The predicted octanol–water partition coefficient (Wildman–Crippen LogP) is 4.82. The van der Waals surface area contributed by atoms with Gasteiger partial charge in [-0.3, -0.25) is 0 Å². The number of hydrogen-bond donors (Lipinski definition) is 1. The first-order valence-electron chi connectivity index (χ1n) is 7.49. The van der Waals surface area contributed by atoms with Crippen LogP contribution in [0.3, 0.4) is 0 Å². The van der Waals surface area contributed by atoms with Gasteiger partial charge in [0.05, 0.1) is 0 Å². The van der Waals surface area contributed by atoms with Crippen molar-refractivity contribution in [2.45, 2.75) is 39.2 Å². The molecule has 1 saturated carbocycles. The van der Waals surface area contributed by atoms with E-state index in [9.17, 15) is 0 Å². The molecule has 1 fully saturated rings. The van der Waals surface area contributed by atoms with Crippen LogP contribution in [0.15, 0.2) is 29.6 Å². The van der Waals surface area contributed by atoms with Crippen LogP contribution in [0.4, 0.5) is 0 Å². The highest BCUT2D eigenvalue weighted by Crippen LogP contribution is 2.28. The molecule has 1 aromatic heterocycles. The van der Waals surface area contributed by atoms with Gasteiger partial charge in [0.1, 0.15) is 0 Å². The number of rotatable bonds is 4. The second-order valence-electron chi connectivity index (χ2n) is 6.03. The van der Waals surface area contributed by atoms with Crippen molar-refractivity contribution in [3.63, 3.8) is 0 Å². The average Bonchev–Trinajstić information content (AvgIpc) is 2.83. The van der Waals surface area contributed by atoms with Crippen LogP contribution in [0, 0.1) is 11.8 Å². The van der Waals surface area contributed by atoms with E-state index < -0.39 is 0 Å². The van der Waals surface area contributed by atoms with Crippen molar-refractivity contribution in [1.29, 1.82) is 0 Å². The molecule has 1 N–H and O–H groups in total. The Hall–Kier alpha value is -0.860. The summed E-state index contributed by atoms with van der Waals surface area (Å²) in [6.45, 7) is 4.61. The summed E-state index contributed by atoms with van der Waals surface area (Å²) < 4.78 is 1.41. The molecule has 0 radical (unpaired) electrons. The number of fused-ring (bicyclic) bond motifs is 1. The zero-order valence-electron chi connectivity index (χ0n) is 11.7. The summed E-state index contributed by atoms with van der Waals surface area (Å²) in [7, 11) is 0. The summed E-state index contributed by atoms with van der Waals surface area (Å²) in [6.07, 6.45) is 5.69. The van der Waals surface area contributed by atoms with Gasteiger partial charge in [-0.05, 0) is 53.6 Å². The van der Waals surface area contributed by atoms with Gasteiger partial charge in [-0.15, -0.1) is 11.3 Å². The molecule has 1 aliphatic carbocycles. The fraction of sp³-hybridized carbons (Fsp3) is 0.529. The molecule has 2 aromatic rings. The second kappa shape index (κ2) is 6.06. The first-order valence-corrected chi connectivity index (χ1v) is 8.36. The topological polar surface area (TPSA) is 12.0 Å². The molecule has 2 unspecified atom stereocenters. The zero-order valence-corrected chi connectivity index (χ0v) is 12.5. The van der Waals surface area contributed by atoms with Crippen molar-refractivity contribution in [1.82, 2.24) is 5.32 Å². The van der Waals surface area contributed by atoms with Gasteiger partial charge in [0.25, 0.3) is 0 Å². The third-order valence-corrected chi connectivity index (χ3v) is 5.37. The molecule has 0 spiro atoms. The molecular weight excluding hydrogens is 250 g/mol. The molecule has 3 rings (SSSR count). The summed E-state index contributed by atoms with van der Waals surface area (Å²) in [5.74, 6) is 1.83.